The van der Waals surface area contributed by atoms with Crippen LogP contribution in [0.15, 0.2) is 42.7 Å². The van der Waals surface area contributed by atoms with Crippen LogP contribution in [-0.2, 0) is 0 Å². The molecular weight excluding hydrogens is 251 g/mol. The van der Waals surface area contributed by atoms with Crippen LogP contribution in [-0.4, -0.2) is 11.5 Å². The third-order valence-electron chi connectivity index (χ3n) is 3.42. The Kier molecular flexibility index (Phi) is 5.24. The van der Waals surface area contributed by atoms with E-state index in [0.29, 0.717) is 11.6 Å². The molecular formula is C17H21FN2. The van der Waals surface area contributed by atoms with Gasteiger partial charge in [-0.1, -0.05) is 32.0 Å². The molecule has 0 amide bonds. The van der Waals surface area contributed by atoms with Crippen LogP contribution >= 0.6 is 0 Å². The second-order valence-corrected chi connectivity index (χ2v) is 4.90. The molecule has 0 aliphatic heterocycles. The predicted octanol–water partition coefficient (Wildman–Crippen LogP) is 4.34. The Labute approximate surface area is 120 Å². The molecule has 0 aliphatic carbocycles. The zero-order chi connectivity index (χ0) is 14.4. The van der Waals surface area contributed by atoms with Gasteiger partial charge in [0.2, 0.25) is 0 Å². The minimum Gasteiger partial charge on any atom is -0.310 e. The Morgan fingerprint density at radius 1 is 1.25 bits per heavy atom. The van der Waals surface area contributed by atoms with E-state index in [9.17, 15) is 4.39 Å². The molecule has 1 heterocycles. The number of hydrogen-bond donors (Lipinski definition) is 1. The summed E-state index contributed by atoms with van der Waals surface area (Å²) in [7, 11) is 0. The van der Waals surface area contributed by atoms with Crippen molar-refractivity contribution in [2.75, 3.05) is 6.54 Å². The lowest BCUT2D eigenvalue weighted by Gasteiger charge is -2.18. The first-order valence-electron chi connectivity index (χ1n) is 7.19. The van der Waals surface area contributed by atoms with Gasteiger partial charge in [0.05, 0.1) is 6.20 Å². The van der Waals surface area contributed by atoms with Gasteiger partial charge >= 0.3 is 0 Å². The van der Waals surface area contributed by atoms with E-state index >= 15 is 0 Å². The van der Waals surface area contributed by atoms with Gasteiger partial charge in [0.1, 0.15) is 5.82 Å². The first-order valence-corrected chi connectivity index (χ1v) is 7.19. The predicted molar refractivity (Wildman–Crippen MR) is 81.0 cm³/mol. The fourth-order valence-corrected chi connectivity index (χ4v) is 2.35. The normalized spacial score (nSPS) is 12.3. The highest BCUT2D eigenvalue weighted by molar-refractivity contribution is 5.64. The van der Waals surface area contributed by atoms with E-state index in [2.05, 4.69) is 36.3 Å². The van der Waals surface area contributed by atoms with E-state index in [4.69, 9.17) is 0 Å². The standard InChI is InChI=1S/C17H21FN2/c1-3-9-20-17(4-2)14-7-5-6-13(11-14)15-8-10-19-12-16(15)18/h5-8,10-12,17,20H,3-4,9H2,1-2H3. The van der Waals surface area contributed by atoms with E-state index in [-0.39, 0.29) is 5.82 Å². The highest BCUT2D eigenvalue weighted by Gasteiger charge is 2.10. The number of aromatic nitrogens is 1. The van der Waals surface area contributed by atoms with Gasteiger partial charge in [0, 0.05) is 17.8 Å². The molecule has 2 rings (SSSR count). The van der Waals surface area contributed by atoms with Crippen molar-refractivity contribution in [3.63, 3.8) is 0 Å². The Morgan fingerprint density at radius 3 is 2.80 bits per heavy atom. The van der Waals surface area contributed by atoms with Gasteiger partial charge in [-0.2, -0.15) is 0 Å². The van der Waals surface area contributed by atoms with Crippen LogP contribution in [0.5, 0.6) is 0 Å². The Hall–Kier alpha value is -1.74. The minimum absolute atomic E-state index is 0.279. The number of nitrogens with one attached hydrogen (secondary N) is 1. The summed E-state index contributed by atoms with van der Waals surface area (Å²) in [6.45, 7) is 5.31. The first-order chi connectivity index (χ1) is 9.76. The van der Waals surface area contributed by atoms with E-state index < -0.39 is 0 Å². The summed E-state index contributed by atoms with van der Waals surface area (Å²) in [5.41, 5.74) is 2.71. The van der Waals surface area contributed by atoms with Gasteiger partial charge in [-0.3, -0.25) is 4.98 Å². The first kappa shape index (κ1) is 14.7. The summed E-state index contributed by atoms with van der Waals surface area (Å²) in [6.07, 6.45) is 5.00. The fraction of sp³-hybridized carbons (Fsp3) is 0.353. The second kappa shape index (κ2) is 7.15. The SMILES string of the molecule is CCCNC(CC)c1cccc(-c2ccncc2F)c1. The maximum Gasteiger partial charge on any atom is 0.149 e. The van der Waals surface area contributed by atoms with Crippen LogP contribution in [0, 0.1) is 5.82 Å². The maximum atomic E-state index is 13.8. The maximum absolute atomic E-state index is 13.8. The van der Waals surface area contributed by atoms with Gasteiger partial charge in [0.25, 0.3) is 0 Å². The van der Waals surface area contributed by atoms with Crippen LogP contribution in [0.1, 0.15) is 38.3 Å². The van der Waals surface area contributed by atoms with Crippen molar-refractivity contribution in [2.45, 2.75) is 32.7 Å². The van der Waals surface area contributed by atoms with E-state index in [1.165, 1.54) is 11.8 Å². The zero-order valence-corrected chi connectivity index (χ0v) is 12.1. The number of nitrogens with zero attached hydrogens (tertiary/aromatic N) is 1. The molecule has 1 atom stereocenters. The number of benzene rings is 1. The lowest BCUT2D eigenvalue weighted by atomic mass is 9.98. The summed E-state index contributed by atoms with van der Waals surface area (Å²) in [5.74, 6) is -0.279. The number of hydrogen-bond acceptors (Lipinski definition) is 2. The monoisotopic (exact) mass is 272 g/mol. The molecule has 1 unspecified atom stereocenters. The van der Waals surface area contributed by atoms with Crippen LogP contribution in [0.4, 0.5) is 4.39 Å². The van der Waals surface area contributed by atoms with E-state index in [1.807, 2.05) is 12.1 Å². The van der Waals surface area contributed by atoms with Crippen molar-refractivity contribution in [1.82, 2.24) is 10.3 Å². The van der Waals surface area contributed by atoms with Crippen molar-refractivity contribution >= 4 is 0 Å². The Balaban J connectivity index is 2.30. The summed E-state index contributed by atoms with van der Waals surface area (Å²) < 4.78 is 13.8. The van der Waals surface area contributed by atoms with Crippen molar-refractivity contribution in [2.24, 2.45) is 0 Å². The molecule has 20 heavy (non-hydrogen) atoms. The molecule has 0 radical (unpaired) electrons. The van der Waals surface area contributed by atoms with Crippen molar-refractivity contribution in [3.05, 3.63) is 54.1 Å². The Bertz CT molecular complexity index is 554. The molecule has 2 nitrogen and oxygen atoms in total. The number of pyridine rings is 1. The zero-order valence-electron chi connectivity index (χ0n) is 12.1. The van der Waals surface area contributed by atoms with Crippen LogP contribution in [0.25, 0.3) is 11.1 Å². The summed E-state index contributed by atoms with van der Waals surface area (Å²) >= 11 is 0. The lowest BCUT2D eigenvalue weighted by Crippen LogP contribution is -2.21. The smallest absolute Gasteiger partial charge is 0.149 e. The molecule has 1 N–H and O–H groups in total. The van der Waals surface area contributed by atoms with Crippen LogP contribution in [0.3, 0.4) is 0 Å². The second-order valence-electron chi connectivity index (χ2n) is 4.90. The summed E-state index contributed by atoms with van der Waals surface area (Å²) in [5, 5.41) is 3.52. The average molecular weight is 272 g/mol. The number of rotatable bonds is 6. The molecule has 0 fully saturated rings. The minimum atomic E-state index is -0.279. The summed E-state index contributed by atoms with van der Waals surface area (Å²) in [4.78, 5) is 3.80. The van der Waals surface area contributed by atoms with Gasteiger partial charge in [-0.05, 0) is 42.6 Å². The highest BCUT2D eigenvalue weighted by atomic mass is 19.1. The fourth-order valence-electron chi connectivity index (χ4n) is 2.35. The van der Waals surface area contributed by atoms with E-state index in [1.54, 1.807) is 12.3 Å². The molecule has 2 aromatic rings. The van der Waals surface area contributed by atoms with Gasteiger partial charge in [0.15, 0.2) is 0 Å². The third-order valence-corrected chi connectivity index (χ3v) is 3.42. The van der Waals surface area contributed by atoms with Gasteiger partial charge in [-0.15, -0.1) is 0 Å². The van der Waals surface area contributed by atoms with Crippen molar-refractivity contribution in [1.29, 1.82) is 0 Å². The molecule has 3 heteroatoms. The quantitative estimate of drug-likeness (QED) is 0.846. The molecule has 0 aliphatic rings. The van der Waals surface area contributed by atoms with Gasteiger partial charge in [-0.25, -0.2) is 4.39 Å². The van der Waals surface area contributed by atoms with Crippen LogP contribution < -0.4 is 5.32 Å². The summed E-state index contributed by atoms with van der Waals surface area (Å²) in [6, 6.07) is 10.1. The molecule has 1 aromatic carbocycles. The van der Waals surface area contributed by atoms with Crippen LogP contribution in [0.2, 0.25) is 0 Å². The van der Waals surface area contributed by atoms with E-state index in [0.717, 1.165) is 24.9 Å². The average Bonchev–Trinajstić information content (AvgIpc) is 2.49. The van der Waals surface area contributed by atoms with Crippen molar-refractivity contribution in [3.8, 4) is 11.1 Å². The largest absolute Gasteiger partial charge is 0.310 e. The topological polar surface area (TPSA) is 24.9 Å². The molecule has 0 bridgehead atoms. The highest BCUT2D eigenvalue weighted by Crippen LogP contribution is 2.26. The molecule has 0 spiro atoms. The molecule has 1 aromatic heterocycles. The Morgan fingerprint density at radius 2 is 2.10 bits per heavy atom. The molecule has 0 saturated carbocycles. The third kappa shape index (κ3) is 3.42. The van der Waals surface area contributed by atoms with Gasteiger partial charge < -0.3 is 5.32 Å². The number of halogens is 1. The van der Waals surface area contributed by atoms with Crippen molar-refractivity contribution < 1.29 is 4.39 Å². The lowest BCUT2D eigenvalue weighted by molar-refractivity contribution is 0.518. The molecule has 0 saturated heterocycles. The molecule has 106 valence electrons.